The van der Waals surface area contributed by atoms with Crippen LogP contribution < -0.4 is 5.32 Å². The van der Waals surface area contributed by atoms with Crippen molar-refractivity contribution < 1.29 is 27.9 Å². The number of amides is 1. The number of hydrogen-bond acceptors (Lipinski definition) is 2. The molecule has 1 amide bonds. The van der Waals surface area contributed by atoms with E-state index in [-0.39, 0.29) is 0 Å². The fourth-order valence-corrected chi connectivity index (χ4v) is 3.19. The van der Waals surface area contributed by atoms with Crippen molar-refractivity contribution in [2.75, 3.05) is 0 Å². The monoisotopic (exact) mass is 343 g/mol. The molecule has 1 aromatic carbocycles. The minimum absolute atomic E-state index is 0.298. The fourth-order valence-electron chi connectivity index (χ4n) is 3.19. The van der Waals surface area contributed by atoms with Crippen LogP contribution in [0, 0.1) is 0 Å². The van der Waals surface area contributed by atoms with Gasteiger partial charge in [-0.1, -0.05) is 37.5 Å². The lowest BCUT2D eigenvalue weighted by Gasteiger charge is -2.37. The van der Waals surface area contributed by atoms with E-state index >= 15 is 0 Å². The second-order valence-corrected chi connectivity index (χ2v) is 6.25. The lowest BCUT2D eigenvalue weighted by molar-refractivity contribution is -0.142. The molecule has 7 heteroatoms. The lowest BCUT2D eigenvalue weighted by Crippen LogP contribution is -2.50. The third-order valence-corrected chi connectivity index (χ3v) is 4.60. The van der Waals surface area contributed by atoms with E-state index in [2.05, 4.69) is 5.32 Å². The van der Waals surface area contributed by atoms with Crippen LogP contribution in [0.1, 0.15) is 50.2 Å². The van der Waals surface area contributed by atoms with Crippen molar-refractivity contribution in [1.29, 1.82) is 0 Å². The molecule has 1 atom stereocenters. The number of hydrogen-bond donors (Lipinski definition) is 2. The second kappa shape index (κ2) is 6.83. The van der Waals surface area contributed by atoms with Crippen molar-refractivity contribution in [3.63, 3.8) is 0 Å². The van der Waals surface area contributed by atoms with Crippen molar-refractivity contribution >= 4 is 11.9 Å². The summed E-state index contributed by atoms with van der Waals surface area (Å²) in [6.45, 7) is 1.34. The van der Waals surface area contributed by atoms with Gasteiger partial charge in [0.25, 0.3) is 0 Å². The van der Waals surface area contributed by atoms with Crippen LogP contribution in [0.5, 0.6) is 0 Å². The van der Waals surface area contributed by atoms with E-state index in [1.807, 2.05) is 0 Å². The standard InChI is InChI=1S/C17H20F3NO3/c1-11(14(22)23)21-15(24)16(8-3-2-4-9-16)12-6-5-7-13(10-12)17(18,19)20/h5-7,10-11H,2-4,8-9H2,1H3,(H,21,24)(H,22,23). The van der Waals surface area contributed by atoms with E-state index in [1.54, 1.807) is 0 Å². The molecule has 2 N–H and O–H groups in total. The van der Waals surface area contributed by atoms with Gasteiger partial charge in [0.1, 0.15) is 6.04 Å². The van der Waals surface area contributed by atoms with Gasteiger partial charge in [0.2, 0.25) is 5.91 Å². The maximum absolute atomic E-state index is 13.0. The molecule has 132 valence electrons. The third kappa shape index (κ3) is 3.71. The van der Waals surface area contributed by atoms with Crippen LogP contribution in [0.2, 0.25) is 0 Å². The maximum Gasteiger partial charge on any atom is 0.416 e. The second-order valence-electron chi connectivity index (χ2n) is 6.25. The highest BCUT2D eigenvalue weighted by Gasteiger charge is 2.43. The predicted octanol–water partition coefficient (Wildman–Crippen LogP) is 3.50. The normalized spacial score (nSPS) is 18.7. The topological polar surface area (TPSA) is 66.4 Å². The van der Waals surface area contributed by atoms with Crippen LogP contribution in [-0.2, 0) is 21.2 Å². The summed E-state index contributed by atoms with van der Waals surface area (Å²) >= 11 is 0. The smallest absolute Gasteiger partial charge is 0.416 e. The van der Waals surface area contributed by atoms with Gasteiger partial charge < -0.3 is 10.4 Å². The van der Waals surface area contributed by atoms with E-state index in [9.17, 15) is 22.8 Å². The summed E-state index contributed by atoms with van der Waals surface area (Å²) in [7, 11) is 0. The molecule has 0 aromatic heterocycles. The summed E-state index contributed by atoms with van der Waals surface area (Å²) < 4.78 is 39.0. The molecule has 4 nitrogen and oxygen atoms in total. The molecule has 0 radical (unpaired) electrons. The molecule has 1 saturated carbocycles. The predicted molar refractivity (Wildman–Crippen MR) is 81.4 cm³/mol. The number of nitrogens with one attached hydrogen (secondary N) is 1. The Morgan fingerprint density at radius 1 is 1.21 bits per heavy atom. The Morgan fingerprint density at radius 2 is 1.83 bits per heavy atom. The Labute approximate surface area is 138 Å². The number of carbonyl (C=O) groups is 2. The number of aliphatic carboxylic acids is 1. The molecule has 24 heavy (non-hydrogen) atoms. The average Bonchev–Trinajstić information content (AvgIpc) is 2.54. The van der Waals surface area contributed by atoms with Crippen molar-refractivity contribution in [3.05, 3.63) is 35.4 Å². The number of halogens is 3. The summed E-state index contributed by atoms with van der Waals surface area (Å²) in [5, 5.41) is 11.4. The molecule has 0 spiro atoms. The van der Waals surface area contributed by atoms with Gasteiger partial charge in [-0.15, -0.1) is 0 Å². The molecule has 1 unspecified atom stereocenters. The highest BCUT2D eigenvalue weighted by atomic mass is 19.4. The summed E-state index contributed by atoms with van der Waals surface area (Å²) in [5.74, 6) is -1.70. The largest absolute Gasteiger partial charge is 0.480 e. The molecule has 0 aliphatic heterocycles. The summed E-state index contributed by atoms with van der Waals surface area (Å²) in [6.07, 6.45) is -1.34. The molecule has 0 saturated heterocycles. The average molecular weight is 343 g/mol. The first-order valence-corrected chi connectivity index (χ1v) is 7.88. The summed E-state index contributed by atoms with van der Waals surface area (Å²) in [6, 6.07) is 3.70. The van der Waals surface area contributed by atoms with E-state index in [0.717, 1.165) is 18.6 Å². The molecule has 1 fully saturated rings. The number of carboxylic acid groups (broad SMARTS) is 1. The third-order valence-electron chi connectivity index (χ3n) is 4.60. The van der Waals surface area contributed by atoms with Gasteiger partial charge in [-0.3, -0.25) is 9.59 Å². The van der Waals surface area contributed by atoms with Gasteiger partial charge in [0.15, 0.2) is 0 Å². The molecule has 1 aromatic rings. The Kier molecular flexibility index (Phi) is 5.20. The zero-order chi connectivity index (χ0) is 18.0. The molecule has 0 bridgehead atoms. The lowest BCUT2D eigenvalue weighted by atomic mass is 9.68. The SMILES string of the molecule is CC(NC(=O)C1(c2cccc(C(F)(F)F)c2)CCCCC1)C(=O)O. The van der Waals surface area contributed by atoms with E-state index < -0.39 is 35.1 Å². The first kappa shape index (κ1) is 18.3. The van der Waals surface area contributed by atoms with Crippen LogP contribution in [0.3, 0.4) is 0 Å². The van der Waals surface area contributed by atoms with Crippen LogP contribution in [-0.4, -0.2) is 23.0 Å². The highest BCUT2D eigenvalue weighted by Crippen LogP contribution is 2.41. The van der Waals surface area contributed by atoms with Crippen molar-refractivity contribution in [2.24, 2.45) is 0 Å². The molecule has 1 aliphatic carbocycles. The van der Waals surface area contributed by atoms with Gasteiger partial charge in [0.05, 0.1) is 11.0 Å². The first-order valence-electron chi connectivity index (χ1n) is 7.88. The minimum Gasteiger partial charge on any atom is -0.480 e. The van der Waals surface area contributed by atoms with Gasteiger partial charge in [0, 0.05) is 0 Å². The van der Waals surface area contributed by atoms with Crippen molar-refractivity contribution in [3.8, 4) is 0 Å². The summed E-state index contributed by atoms with van der Waals surface area (Å²) in [5.41, 5.74) is -1.61. The molecular formula is C17H20F3NO3. The van der Waals surface area contributed by atoms with Gasteiger partial charge in [-0.25, -0.2) is 0 Å². The Morgan fingerprint density at radius 3 is 2.38 bits per heavy atom. The van der Waals surface area contributed by atoms with Crippen LogP contribution in [0.25, 0.3) is 0 Å². The Bertz CT molecular complexity index is 622. The van der Waals surface area contributed by atoms with Gasteiger partial charge in [-0.05, 0) is 31.4 Å². The van der Waals surface area contributed by atoms with E-state index in [0.29, 0.717) is 31.2 Å². The minimum atomic E-state index is -4.49. The number of carbonyl (C=O) groups excluding carboxylic acids is 1. The Hall–Kier alpha value is -2.05. The Balaban J connectivity index is 2.41. The first-order chi connectivity index (χ1) is 11.2. The van der Waals surface area contributed by atoms with E-state index in [4.69, 9.17) is 5.11 Å². The summed E-state index contributed by atoms with van der Waals surface area (Å²) in [4.78, 5) is 23.7. The van der Waals surface area contributed by atoms with Crippen LogP contribution in [0.4, 0.5) is 13.2 Å². The quantitative estimate of drug-likeness (QED) is 0.879. The van der Waals surface area contributed by atoms with Gasteiger partial charge >= 0.3 is 12.1 Å². The molecular weight excluding hydrogens is 323 g/mol. The number of carboxylic acids is 1. The zero-order valence-corrected chi connectivity index (χ0v) is 13.3. The number of benzene rings is 1. The highest BCUT2D eigenvalue weighted by molar-refractivity contribution is 5.91. The fraction of sp³-hybridized carbons (Fsp3) is 0.529. The van der Waals surface area contributed by atoms with Crippen LogP contribution >= 0.6 is 0 Å². The molecule has 1 aliphatic rings. The number of alkyl halides is 3. The van der Waals surface area contributed by atoms with Gasteiger partial charge in [-0.2, -0.15) is 13.2 Å². The van der Waals surface area contributed by atoms with E-state index in [1.165, 1.54) is 19.1 Å². The maximum atomic E-state index is 13.0. The number of rotatable bonds is 4. The molecule has 2 rings (SSSR count). The molecule has 0 heterocycles. The van der Waals surface area contributed by atoms with Crippen molar-refractivity contribution in [2.45, 2.75) is 56.7 Å². The zero-order valence-electron chi connectivity index (χ0n) is 13.3. The van der Waals surface area contributed by atoms with Crippen LogP contribution in [0.15, 0.2) is 24.3 Å². The van der Waals surface area contributed by atoms with Crippen molar-refractivity contribution in [1.82, 2.24) is 5.32 Å².